The second kappa shape index (κ2) is 5.07. The fraction of sp³-hybridized carbons (Fsp3) is 1.00. The highest BCUT2D eigenvalue weighted by molar-refractivity contribution is 4.76. The van der Waals surface area contributed by atoms with Crippen molar-refractivity contribution < 1.29 is 4.74 Å². The molecule has 2 aliphatic rings. The van der Waals surface area contributed by atoms with E-state index in [1.165, 1.54) is 13.1 Å². The highest BCUT2D eigenvalue weighted by Gasteiger charge is 2.21. The van der Waals surface area contributed by atoms with Gasteiger partial charge in [-0.1, -0.05) is 0 Å². The van der Waals surface area contributed by atoms with Crippen LogP contribution in [0.3, 0.4) is 0 Å². The lowest BCUT2D eigenvalue weighted by atomic mass is 10.2. The topological polar surface area (TPSA) is 27.7 Å². The fourth-order valence-electron chi connectivity index (χ4n) is 2.16. The fourth-order valence-corrected chi connectivity index (χ4v) is 2.16. The molecule has 0 amide bonds. The largest absolute Gasteiger partial charge is 0.374 e. The molecule has 0 aromatic carbocycles. The molecule has 0 radical (unpaired) electrons. The molecule has 0 spiro atoms. The number of rotatable bonds is 2. The number of hydrogen-bond donors (Lipinski definition) is 1. The van der Waals surface area contributed by atoms with Crippen LogP contribution in [0.5, 0.6) is 0 Å². The first-order chi connectivity index (χ1) is 6.84. The van der Waals surface area contributed by atoms with Gasteiger partial charge < -0.3 is 15.0 Å². The van der Waals surface area contributed by atoms with Crippen LogP contribution in [0, 0.1) is 0 Å². The summed E-state index contributed by atoms with van der Waals surface area (Å²) in [5.41, 5.74) is 0. The lowest BCUT2D eigenvalue weighted by Gasteiger charge is -2.35. The molecule has 1 atom stereocenters. The molecule has 0 aromatic heterocycles. The van der Waals surface area contributed by atoms with Gasteiger partial charge in [-0.3, -0.25) is 4.90 Å². The number of piperazine rings is 1. The normalized spacial score (nSPS) is 31.9. The number of nitrogens with one attached hydrogen (secondary N) is 1. The zero-order valence-corrected chi connectivity index (χ0v) is 9.04. The van der Waals surface area contributed by atoms with Crippen molar-refractivity contribution in [3.05, 3.63) is 0 Å². The Hall–Kier alpha value is -0.160. The Labute approximate surface area is 86.2 Å². The molecule has 0 unspecified atom stereocenters. The van der Waals surface area contributed by atoms with Crippen LogP contribution < -0.4 is 5.32 Å². The molecule has 1 N–H and O–H groups in total. The average Bonchev–Trinajstić information content (AvgIpc) is 2.19. The summed E-state index contributed by atoms with van der Waals surface area (Å²) in [6.45, 7) is 8.76. The Morgan fingerprint density at radius 2 is 2.07 bits per heavy atom. The Kier molecular flexibility index (Phi) is 3.75. The van der Waals surface area contributed by atoms with E-state index in [2.05, 4.69) is 22.2 Å². The van der Waals surface area contributed by atoms with Crippen LogP contribution in [0.1, 0.15) is 0 Å². The minimum atomic E-state index is 0.423. The Morgan fingerprint density at radius 3 is 2.79 bits per heavy atom. The van der Waals surface area contributed by atoms with Crippen molar-refractivity contribution in [2.24, 2.45) is 0 Å². The molecule has 2 saturated heterocycles. The molecule has 2 aliphatic heterocycles. The van der Waals surface area contributed by atoms with Gasteiger partial charge in [0.1, 0.15) is 0 Å². The molecule has 2 fully saturated rings. The summed E-state index contributed by atoms with van der Waals surface area (Å²) in [6, 6.07) is 0. The highest BCUT2D eigenvalue weighted by Crippen LogP contribution is 2.05. The van der Waals surface area contributed by atoms with E-state index in [0.29, 0.717) is 6.10 Å². The van der Waals surface area contributed by atoms with Crippen LogP contribution in [-0.2, 0) is 4.74 Å². The second-order valence-electron chi connectivity index (χ2n) is 4.31. The number of morpholine rings is 1. The smallest absolute Gasteiger partial charge is 0.0829 e. The molecule has 14 heavy (non-hydrogen) atoms. The molecule has 0 bridgehead atoms. The number of hydrogen-bond acceptors (Lipinski definition) is 4. The molecular formula is C10H21N3O. The highest BCUT2D eigenvalue weighted by atomic mass is 16.5. The van der Waals surface area contributed by atoms with Crippen LogP contribution in [-0.4, -0.2) is 75.4 Å². The zero-order valence-electron chi connectivity index (χ0n) is 9.04. The van der Waals surface area contributed by atoms with Crippen molar-refractivity contribution in [2.75, 3.05) is 59.5 Å². The Balaban J connectivity index is 1.72. The van der Waals surface area contributed by atoms with Crippen molar-refractivity contribution in [1.29, 1.82) is 0 Å². The van der Waals surface area contributed by atoms with Gasteiger partial charge in [0.15, 0.2) is 0 Å². The van der Waals surface area contributed by atoms with Crippen LogP contribution in [0.25, 0.3) is 0 Å². The zero-order chi connectivity index (χ0) is 9.80. The predicted molar refractivity (Wildman–Crippen MR) is 56.5 cm³/mol. The Bertz CT molecular complexity index is 171. The molecule has 2 rings (SSSR count). The summed E-state index contributed by atoms with van der Waals surface area (Å²) >= 11 is 0. The summed E-state index contributed by atoms with van der Waals surface area (Å²) in [7, 11) is 2.17. The summed E-state index contributed by atoms with van der Waals surface area (Å²) in [5, 5.41) is 3.37. The van der Waals surface area contributed by atoms with Gasteiger partial charge in [0, 0.05) is 45.8 Å². The molecule has 0 saturated carbocycles. The first kappa shape index (κ1) is 10.4. The third-order valence-electron chi connectivity index (χ3n) is 3.01. The van der Waals surface area contributed by atoms with Gasteiger partial charge in [-0.25, -0.2) is 0 Å². The quantitative estimate of drug-likeness (QED) is 0.631. The van der Waals surface area contributed by atoms with E-state index in [1.54, 1.807) is 0 Å². The molecule has 0 aromatic rings. The van der Waals surface area contributed by atoms with E-state index in [-0.39, 0.29) is 0 Å². The van der Waals surface area contributed by atoms with Gasteiger partial charge in [0.05, 0.1) is 12.7 Å². The lowest BCUT2D eigenvalue weighted by Crippen LogP contribution is -2.50. The van der Waals surface area contributed by atoms with Crippen molar-refractivity contribution >= 4 is 0 Å². The van der Waals surface area contributed by atoms with E-state index in [0.717, 1.165) is 39.3 Å². The third-order valence-corrected chi connectivity index (χ3v) is 3.01. The number of likely N-dealkylation sites (N-methyl/N-ethyl adjacent to an activating group) is 1. The summed E-state index contributed by atoms with van der Waals surface area (Å²) in [6.07, 6.45) is 0.423. The summed E-state index contributed by atoms with van der Waals surface area (Å²) in [4.78, 5) is 4.86. The maximum Gasteiger partial charge on any atom is 0.0829 e. The first-order valence-corrected chi connectivity index (χ1v) is 5.58. The van der Waals surface area contributed by atoms with Crippen LogP contribution in [0.2, 0.25) is 0 Å². The molecule has 4 heteroatoms. The standard InChI is InChI=1S/C10H21N3O/c1-12-6-7-14-10(8-12)9-13-4-2-11-3-5-13/h10-11H,2-9H2,1H3/t10-/m0/s1. The van der Waals surface area contributed by atoms with Gasteiger partial charge in [0.25, 0.3) is 0 Å². The number of nitrogens with zero attached hydrogens (tertiary/aromatic N) is 2. The molecule has 82 valence electrons. The monoisotopic (exact) mass is 199 g/mol. The van der Waals surface area contributed by atoms with Crippen LogP contribution in [0.4, 0.5) is 0 Å². The third kappa shape index (κ3) is 2.92. The summed E-state index contributed by atoms with van der Waals surface area (Å²) in [5.74, 6) is 0. The SMILES string of the molecule is CN1CCO[C@H](CN2CCNCC2)C1. The van der Waals surface area contributed by atoms with E-state index in [9.17, 15) is 0 Å². The second-order valence-corrected chi connectivity index (χ2v) is 4.31. The molecule has 2 heterocycles. The van der Waals surface area contributed by atoms with Crippen molar-refractivity contribution in [1.82, 2.24) is 15.1 Å². The minimum absolute atomic E-state index is 0.423. The van der Waals surface area contributed by atoms with E-state index < -0.39 is 0 Å². The van der Waals surface area contributed by atoms with Crippen LogP contribution in [0.15, 0.2) is 0 Å². The van der Waals surface area contributed by atoms with Gasteiger partial charge >= 0.3 is 0 Å². The molecule has 0 aliphatic carbocycles. The van der Waals surface area contributed by atoms with E-state index in [4.69, 9.17) is 4.74 Å². The van der Waals surface area contributed by atoms with Gasteiger partial charge in [0.2, 0.25) is 0 Å². The van der Waals surface area contributed by atoms with Gasteiger partial charge in [-0.15, -0.1) is 0 Å². The van der Waals surface area contributed by atoms with Crippen molar-refractivity contribution in [3.8, 4) is 0 Å². The number of ether oxygens (including phenoxy) is 1. The minimum Gasteiger partial charge on any atom is -0.374 e. The maximum atomic E-state index is 5.75. The van der Waals surface area contributed by atoms with Gasteiger partial charge in [-0.05, 0) is 7.05 Å². The Morgan fingerprint density at radius 1 is 1.29 bits per heavy atom. The lowest BCUT2D eigenvalue weighted by molar-refractivity contribution is -0.0367. The average molecular weight is 199 g/mol. The van der Waals surface area contributed by atoms with E-state index >= 15 is 0 Å². The summed E-state index contributed by atoms with van der Waals surface area (Å²) < 4.78 is 5.75. The van der Waals surface area contributed by atoms with E-state index in [1.807, 2.05) is 0 Å². The predicted octanol–water partition coefficient (Wildman–Crippen LogP) is -0.778. The maximum absolute atomic E-state index is 5.75. The van der Waals surface area contributed by atoms with Crippen molar-refractivity contribution in [3.63, 3.8) is 0 Å². The first-order valence-electron chi connectivity index (χ1n) is 5.58. The van der Waals surface area contributed by atoms with Crippen molar-refractivity contribution in [2.45, 2.75) is 6.10 Å². The van der Waals surface area contributed by atoms with Crippen LogP contribution >= 0.6 is 0 Å². The van der Waals surface area contributed by atoms with Gasteiger partial charge in [-0.2, -0.15) is 0 Å². The molecular weight excluding hydrogens is 178 g/mol. The molecule has 4 nitrogen and oxygen atoms in total.